The van der Waals surface area contributed by atoms with E-state index in [4.69, 9.17) is 10.00 Å². The summed E-state index contributed by atoms with van der Waals surface area (Å²) < 4.78 is 33.2. The third-order valence-electron chi connectivity index (χ3n) is 4.29. The molecule has 1 atom stereocenters. The van der Waals surface area contributed by atoms with Crippen LogP contribution in [0.25, 0.3) is 0 Å². The largest absolute Gasteiger partial charge is 0.487 e. The Bertz CT molecular complexity index is 935. The topological polar surface area (TPSA) is 83.3 Å². The Morgan fingerprint density at radius 1 is 1.32 bits per heavy atom. The zero-order valence-corrected chi connectivity index (χ0v) is 15.0. The Morgan fingerprint density at radius 2 is 2.12 bits per heavy atom. The summed E-state index contributed by atoms with van der Waals surface area (Å²) in [5.41, 5.74) is 1.75. The van der Waals surface area contributed by atoms with Crippen molar-refractivity contribution in [1.29, 1.82) is 5.26 Å². The lowest BCUT2D eigenvalue weighted by Crippen LogP contribution is -2.31. The third-order valence-corrected chi connectivity index (χ3v) is 6.30. The molecule has 0 bridgehead atoms. The second-order valence-corrected chi connectivity index (χ2v) is 7.98. The predicted octanol–water partition coefficient (Wildman–Crippen LogP) is 2.41. The van der Waals surface area contributed by atoms with E-state index in [1.54, 1.807) is 31.3 Å². The highest BCUT2D eigenvalue weighted by molar-refractivity contribution is 7.89. The fourth-order valence-electron chi connectivity index (χ4n) is 2.87. The molecule has 2 heterocycles. The number of aromatic nitrogens is 1. The highest BCUT2D eigenvalue weighted by Gasteiger charge is 2.34. The molecule has 3 rings (SSSR count). The van der Waals surface area contributed by atoms with Gasteiger partial charge in [-0.25, -0.2) is 8.42 Å². The molecule has 1 unspecified atom stereocenters. The molecule has 1 aliphatic rings. The van der Waals surface area contributed by atoms with Gasteiger partial charge < -0.3 is 4.74 Å². The summed E-state index contributed by atoms with van der Waals surface area (Å²) in [5.74, 6) is 0.675. The van der Waals surface area contributed by atoms with Gasteiger partial charge in [-0.15, -0.1) is 0 Å². The fourth-order valence-corrected chi connectivity index (χ4v) is 4.61. The van der Waals surface area contributed by atoms with Gasteiger partial charge in [0.15, 0.2) is 0 Å². The van der Waals surface area contributed by atoms with Gasteiger partial charge in [0.25, 0.3) is 0 Å². The first-order valence-corrected chi connectivity index (χ1v) is 9.45. The second kappa shape index (κ2) is 6.82. The van der Waals surface area contributed by atoms with Crippen LogP contribution in [0.2, 0.25) is 0 Å². The molecule has 1 aliphatic heterocycles. The van der Waals surface area contributed by atoms with E-state index in [0.717, 1.165) is 5.69 Å². The van der Waals surface area contributed by atoms with E-state index in [1.165, 1.54) is 10.4 Å². The van der Waals surface area contributed by atoms with E-state index in [-0.39, 0.29) is 17.5 Å². The van der Waals surface area contributed by atoms with Crippen molar-refractivity contribution >= 4 is 10.0 Å². The number of benzene rings is 1. The Labute approximate surface area is 147 Å². The maximum atomic E-state index is 12.9. The standard InChI is InChI=1S/C18H19N3O3S/c1-13-5-6-15(11-19)10-18(13)25(22,23)21-9-7-16(12-21)24-17-4-3-8-20-14(17)2/h3-6,8,10,16H,7,9,12H2,1-2H3. The molecule has 25 heavy (non-hydrogen) atoms. The SMILES string of the molecule is Cc1ccc(C#N)cc1S(=O)(=O)N1CCC(Oc2cccnc2C)C1. The number of pyridine rings is 1. The van der Waals surface area contributed by atoms with Crippen molar-refractivity contribution in [3.8, 4) is 11.8 Å². The maximum absolute atomic E-state index is 12.9. The molecule has 1 saturated heterocycles. The van der Waals surface area contributed by atoms with Crippen LogP contribution < -0.4 is 4.74 Å². The number of hydrogen-bond acceptors (Lipinski definition) is 5. The minimum absolute atomic E-state index is 0.185. The smallest absolute Gasteiger partial charge is 0.243 e. The number of aryl methyl sites for hydroxylation is 2. The molecule has 0 amide bonds. The van der Waals surface area contributed by atoms with Gasteiger partial charge in [0.2, 0.25) is 10.0 Å². The molecule has 0 saturated carbocycles. The second-order valence-electron chi connectivity index (χ2n) is 6.07. The van der Waals surface area contributed by atoms with Crippen LogP contribution in [0.15, 0.2) is 41.4 Å². The number of rotatable bonds is 4. The normalized spacial score (nSPS) is 18.0. The van der Waals surface area contributed by atoms with Gasteiger partial charge in [0.1, 0.15) is 11.9 Å². The van der Waals surface area contributed by atoms with Crippen LogP contribution >= 0.6 is 0 Å². The van der Waals surface area contributed by atoms with E-state index in [0.29, 0.717) is 29.8 Å². The number of hydrogen-bond donors (Lipinski definition) is 0. The van der Waals surface area contributed by atoms with Gasteiger partial charge in [0.05, 0.1) is 28.8 Å². The Hall–Kier alpha value is -2.43. The minimum Gasteiger partial charge on any atom is -0.487 e. The fraction of sp³-hybridized carbons (Fsp3) is 0.333. The van der Waals surface area contributed by atoms with Crippen LogP contribution in [0.1, 0.15) is 23.2 Å². The van der Waals surface area contributed by atoms with Crippen molar-refractivity contribution in [1.82, 2.24) is 9.29 Å². The molecule has 0 N–H and O–H groups in total. The van der Waals surface area contributed by atoms with Crippen molar-refractivity contribution in [3.05, 3.63) is 53.3 Å². The molecule has 6 nitrogen and oxygen atoms in total. The van der Waals surface area contributed by atoms with Gasteiger partial charge in [0, 0.05) is 12.7 Å². The molecule has 1 aromatic heterocycles. The molecule has 2 aromatic rings. The van der Waals surface area contributed by atoms with Crippen LogP contribution in [0.5, 0.6) is 5.75 Å². The molecule has 0 spiro atoms. The molecule has 7 heteroatoms. The van der Waals surface area contributed by atoms with Gasteiger partial charge in [-0.05, 0) is 50.1 Å². The quantitative estimate of drug-likeness (QED) is 0.839. The van der Waals surface area contributed by atoms with E-state index in [2.05, 4.69) is 4.98 Å². The van der Waals surface area contributed by atoms with E-state index < -0.39 is 10.0 Å². The first-order valence-electron chi connectivity index (χ1n) is 8.01. The molecule has 130 valence electrons. The van der Waals surface area contributed by atoms with Crippen molar-refractivity contribution in [2.75, 3.05) is 13.1 Å². The molecule has 0 radical (unpaired) electrons. The molecule has 1 fully saturated rings. The van der Waals surface area contributed by atoms with Crippen LogP contribution in [0.3, 0.4) is 0 Å². The summed E-state index contributed by atoms with van der Waals surface area (Å²) in [5, 5.41) is 9.03. The summed E-state index contributed by atoms with van der Waals surface area (Å²) >= 11 is 0. The average Bonchev–Trinajstić information content (AvgIpc) is 3.07. The summed E-state index contributed by atoms with van der Waals surface area (Å²) in [4.78, 5) is 4.36. The first-order chi connectivity index (χ1) is 11.9. The third kappa shape index (κ3) is 3.50. The Kier molecular flexibility index (Phi) is 4.75. The number of nitrogens with zero attached hydrogens (tertiary/aromatic N) is 3. The zero-order chi connectivity index (χ0) is 18.0. The number of ether oxygens (including phenoxy) is 1. The van der Waals surface area contributed by atoms with Crippen LogP contribution in [0.4, 0.5) is 0 Å². The maximum Gasteiger partial charge on any atom is 0.243 e. The summed E-state index contributed by atoms with van der Waals surface area (Å²) in [7, 11) is -3.65. The highest BCUT2D eigenvalue weighted by atomic mass is 32.2. The Balaban J connectivity index is 1.79. The average molecular weight is 357 g/mol. The molecular weight excluding hydrogens is 338 g/mol. The van der Waals surface area contributed by atoms with Crippen molar-refractivity contribution in [2.24, 2.45) is 0 Å². The van der Waals surface area contributed by atoms with Crippen LogP contribution in [-0.4, -0.2) is 36.9 Å². The number of nitriles is 1. The van der Waals surface area contributed by atoms with E-state index in [9.17, 15) is 8.42 Å². The minimum atomic E-state index is -3.65. The van der Waals surface area contributed by atoms with E-state index in [1.807, 2.05) is 19.1 Å². The Morgan fingerprint density at radius 3 is 2.84 bits per heavy atom. The van der Waals surface area contributed by atoms with Gasteiger partial charge in [-0.3, -0.25) is 4.98 Å². The zero-order valence-electron chi connectivity index (χ0n) is 14.1. The molecule has 0 aliphatic carbocycles. The number of sulfonamides is 1. The molecule has 1 aromatic carbocycles. The van der Waals surface area contributed by atoms with Gasteiger partial charge in [-0.1, -0.05) is 6.07 Å². The van der Waals surface area contributed by atoms with Crippen LogP contribution in [-0.2, 0) is 10.0 Å². The summed E-state index contributed by atoms with van der Waals surface area (Å²) in [6, 6.07) is 10.3. The van der Waals surface area contributed by atoms with Gasteiger partial charge >= 0.3 is 0 Å². The lowest BCUT2D eigenvalue weighted by Gasteiger charge is -2.19. The van der Waals surface area contributed by atoms with Crippen molar-refractivity contribution < 1.29 is 13.2 Å². The molecular formula is C18H19N3O3S. The van der Waals surface area contributed by atoms with Gasteiger partial charge in [-0.2, -0.15) is 9.57 Å². The summed E-state index contributed by atoms with van der Waals surface area (Å²) in [6.07, 6.45) is 2.10. The van der Waals surface area contributed by atoms with Crippen molar-refractivity contribution in [2.45, 2.75) is 31.3 Å². The predicted molar refractivity (Wildman–Crippen MR) is 92.7 cm³/mol. The lowest BCUT2D eigenvalue weighted by molar-refractivity contribution is 0.213. The summed E-state index contributed by atoms with van der Waals surface area (Å²) in [6.45, 7) is 4.27. The monoisotopic (exact) mass is 357 g/mol. The van der Waals surface area contributed by atoms with Crippen molar-refractivity contribution in [3.63, 3.8) is 0 Å². The van der Waals surface area contributed by atoms with E-state index >= 15 is 0 Å². The highest BCUT2D eigenvalue weighted by Crippen LogP contribution is 2.27. The van der Waals surface area contributed by atoms with Crippen LogP contribution in [0, 0.1) is 25.2 Å². The first kappa shape index (κ1) is 17.4. The lowest BCUT2D eigenvalue weighted by atomic mass is 10.2.